The third-order valence-electron chi connectivity index (χ3n) is 3.27. The van der Waals surface area contributed by atoms with E-state index in [1.807, 2.05) is 0 Å². The molecule has 0 spiro atoms. The van der Waals surface area contributed by atoms with Crippen LogP contribution in [0.2, 0.25) is 10.0 Å². The average Bonchev–Trinajstić information content (AvgIpc) is 2.52. The van der Waals surface area contributed by atoms with Crippen LogP contribution in [0.15, 0.2) is 18.5 Å². The lowest BCUT2D eigenvalue weighted by Gasteiger charge is -2.09. The van der Waals surface area contributed by atoms with E-state index in [0.29, 0.717) is 27.3 Å². The van der Waals surface area contributed by atoms with Gasteiger partial charge in [-0.05, 0) is 28.2 Å². The van der Waals surface area contributed by atoms with Crippen LogP contribution in [0.3, 0.4) is 0 Å². The topological polar surface area (TPSA) is 51.6 Å². The van der Waals surface area contributed by atoms with Crippen LogP contribution in [0.5, 0.6) is 0 Å². The van der Waals surface area contributed by atoms with Crippen molar-refractivity contribution < 1.29 is 4.39 Å². The molecule has 0 fully saturated rings. The highest BCUT2D eigenvalue weighted by molar-refractivity contribution is 7.63. The Morgan fingerprint density at radius 3 is 2.30 bits per heavy atom. The van der Waals surface area contributed by atoms with Gasteiger partial charge in [0.25, 0.3) is 0 Å². The van der Waals surface area contributed by atoms with Gasteiger partial charge in [0, 0.05) is 24.0 Å². The smallest absolute Gasteiger partial charge is 0.151 e. The van der Waals surface area contributed by atoms with Crippen molar-refractivity contribution in [1.82, 2.24) is 19.9 Å². The molecule has 0 saturated heterocycles. The summed E-state index contributed by atoms with van der Waals surface area (Å²) in [6.45, 7) is 5.81. The van der Waals surface area contributed by atoms with Gasteiger partial charge in [0.15, 0.2) is 5.82 Å². The first kappa shape index (κ1) is 16.4. The summed E-state index contributed by atoms with van der Waals surface area (Å²) in [5.74, 6) is -0.505. The summed E-state index contributed by atoms with van der Waals surface area (Å²) < 4.78 is 14.4. The molecule has 3 rings (SSSR count). The molecule has 23 heavy (non-hydrogen) atoms. The number of aryl methyl sites for hydroxylation is 1. The molecule has 3 aromatic heterocycles. The molecule has 0 aliphatic heterocycles. The molecule has 0 aliphatic carbocycles. The first-order valence-electron chi connectivity index (χ1n) is 6.70. The second-order valence-corrected chi connectivity index (χ2v) is 8.12. The molecular weight excluding hydrogens is 357 g/mol. The van der Waals surface area contributed by atoms with Crippen molar-refractivity contribution in [3.05, 3.63) is 40.0 Å². The number of pyridine rings is 2. The third kappa shape index (κ3) is 3.01. The molecule has 3 heterocycles. The van der Waals surface area contributed by atoms with Crippen molar-refractivity contribution in [2.45, 2.75) is 6.92 Å². The van der Waals surface area contributed by atoms with Crippen LogP contribution in [0.4, 0.5) is 4.39 Å². The standard InChI is InChI=1S/C15H12Cl2FN4P/c1-7-11(16)12(17)14-10(21-7)4-9(18)13(22-14)8-5-19-15(20-6-8)23(2)3/h4-6H,1-3H3. The van der Waals surface area contributed by atoms with Gasteiger partial charge in [0.1, 0.15) is 16.8 Å². The van der Waals surface area contributed by atoms with Crippen molar-refractivity contribution in [2.24, 2.45) is 0 Å². The van der Waals surface area contributed by atoms with Gasteiger partial charge in [-0.3, -0.25) is 0 Å². The summed E-state index contributed by atoms with van der Waals surface area (Å²) in [5, 5.41) is 0.581. The first-order valence-corrected chi connectivity index (χ1v) is 9.69. The zero-order chi connectivity index (χ0) is 16.7. The number of nitrogens with zero attached hydrogens (tertiary/aromatic N) is 4. The fraction of sp³-hybridized carbons (Fsp3) is 0.200. The Kier molecular flexibility index (Phi) is 4.45. The lowest BCUT2D eigenvalue weighted by molar-refractivity contribution is 0.628. The monoisotopic (exact) mass is 368 g/mol. The molecule has 4 nitrogen and oxygen atoms in total. The summed E-state index contributed by atoms with van der Waals surface area (Å²) in [5.41, 5.74) is 2.62. The zero-order valence-corrected chi connectivity index (χ0v) is 15.0. The minimum Gasteiger partial charge on any atom is -0.250 e. The lowest BCUT2D eigenvalue weighted by Crippen LogP contribution is -2.09. The number of aromatic nitrogens is 4. The SMILES string of the molecule is Cc1nc2cc(F)c(-c3cnc(P(C)C)nc3)nc2c(Cl)c1Cl. The van der Waals surface area contributed by atoms with Crippen molar-refractivity contribution in [1.29, 1.82) is 0 Å². The van der Waals surface area contributed by atoms with Crippen molar-refractivity contribution in [3.8, 4) is 11.3 Å². The Morgan fingerprint density at radius 2 is 1.70 bits per heavy atom. The van der Waals surface area contributed by atoms with E-state index >= 15 is 0 Å². The largest absolute Gasteiger partial charge is 0.250 e. The van der Waals surface area contributed by atoms with E-state index in [4.69, 9.17) is 23.2 Å². The number of hydrogen-bond donors (Lipinski definition) is 0. The molecular formula is C15H12Cl2FN4P. The lowest BCUT2D eigenvalue weighted by atomic mass is 10.2. The summed E-state index contributed by atoms with van der Waals surface area (Å²) in [4.78, 5) is 17.0. The molecule has 0 unspecified atom stereocenters. The minimum atomic E-state index is -0.505. The van der Waals surface area contributed by atoms with Crippen LogP contribution < -0.4 is 5.57 Å². The summed E-state index contributed by atoms with van der Waals surface area (Å²) in [6, 6.07) is 1.30. The minimum absolute atomic E-state index is 0.129. The molecule has 0 N–H and O–H groups in total. The molecule has 0 amide bonds. The number of rotatable bonds is 2. The van der Waals surface area contributed by atoms with Gasteiger partial charge in [-0.15, -0.1) is 0 Å². The van der Waals surface area contributed by atoms with Crippen LogP contribution in [0.1, 0.15) is 5.69 Å². The summed E-state index contributed by atoms with van der Waals surface area (Å²) >= 11 is 12.3. The Balaban J connectivity index is 2.19. The third-order valence-corrected chi connectivity index (χ3v) is 5.23. The van der Waals surface area contributed by atoms with Crippen LogP contribution in [0.25, 0.3) is 22.3 Å². The first-order chi connectivity index (χ1) is 10.9. The molecule has 0 saturated carbocycles. The molecule has 0 aromatic carbocycles. The van der Waals surface area contributed by atoms with Crippen LogP contribution >= 0.6 is 31.1 Å². The Hall–Kier alpha value is -1.42. The van der Waals surface area contributed by atoms with Crippen LogP contribution in [-0.2, 0) is 0 Å². The number of halogens is 3. The highest BCUT2D eigenvalue weighted by Gasteiger charge is 2.16. The summed E-state index contributed by atoms with van der Waals surface area (Å²) in [6.07, 6.45) is 3.14. The van der Waals surface area contributed by atoms with Gasteiger partial charge in [-0.1, -0.05) is 23.2 Å². The van der Waals surface area contributed by atoms with Gasteiger partial charge in [-0.25, -0.2) is 24.3 Å². The quantitative estimate of drug-likeness (QED) is 0.635. The van der Waals surface area contributed by atoms with E-state index in [2.05, 4.69) is 33.3 Å². The predicted molar refractivity (Wildman–Crippen MR) is 93.7 cm³/mol. The fourth-order valence-electron chi connectivity index (χ4n) is 2.10. The van der Waals surface area contributed by atoms with Crippen molar-refractivity contribution in [2.75, 3.05) is 13.3 Å². The average molecular weight is 369 g/mol. The Morgan fingerprint density at radius 1 is 1.04 bits per heavy atom. The normalized spacial score (nSPS) is 11.4. The van der Waals surface area contributed by atoms with E-state index in [0.717, 1.165) is 5.57 Å². The highest BCUT2D eigenvalue weighted by atomic mass is 35.5. The Labute approximate surface area is 143 Å². The number of hydrogen-bond acceptors (Lipinski definition) is 4. The molecule has 3 aromatic rings. The molecule has 0 bridgehead atoms. The predicted octanol–water partition coefficient (Wildman–Crippen LogP) is 4.21. The van der Waals surface area contributed by atoms with Crippen LogP contribution in [0, 0.1) is 12.7 Å². The molecule has 0 radical (unpaired) electrons. The molecule has 8 heteroatoms. The maximum Gasteiger partial charge on any atom is 0.151 e. The van der Waals surface area contributed by atoms with Gasteiger partial charge in [-0.2, -0.15) is 0 Å². The molecule has 118 valence electrons. The second kappa shape index (κ2) is 6.23. The molecule has 0 aliphatic rings. The van der Waals surface area contributed by atoms with E-state index in [9.17, 15) is 4.39 Å². The maximum absolute atomic E-state index is 14.4. The van der Waals surface area contributed by atoms with Crippen LogP contribution in [-0.4, -0.2) is 33.3 Å². The summed E-state index contributed by atoms with van der Waals surface area (Å²) in [7, 11) is -0.411. The van der Waals surface area contributed by atoms with Gasteiger partial charge < -0.3 is 0 Å². The Bertz CT molecular complexity index is 900. The van der Waals surface area contributed by atoms with E-state index in [-0.39, 0.29) is 10.7 Å². The molecule has 0 atom stereocenters. The van der Waals surface area contributed by atoms with Crippen molar-refractivity contribution in [3.63, 3.8) is 0 Å². The highest BCUT2D eigenvalue weighted by Crippen LogP contribution is 2.33. The van der Waals surface area contributed by atoms with Gasteiger partial charge >= 0.3 is 0 Å². The van der Waals surface area contributed by atoms with Crippen molar-refractivity contribution >= 4 is 47.7 Å². The van der Waals surface area contributed by atoms with Gasteiger partial charge in [0.05, 0.1) is 21.3 Å². The van der Waals surface area contributed by atoms with E-state index in [1.54, 1.807) is 19.3 Å². The van der Waals surface area contributed by atoms with Gasteiger partial charge in [0.2, 0.25) is 0 Å². The zero-order valence-electron chi connectivity index (χ0n) is 12.6. The van der Waals surface area contributed by atoms with E-state index < -0.39 is 13.7 Å². The maximum atomic E-state index is 14.4. The van der Waals surface area contributed by atoms with E-state index in [1.165, 1.54) is 6.07 Å². The second-order valence-electron chi connectivity index (χ2n) is 5.18. The fourth-order valence-corrected chi connectivity index (χ4v) is 3.08. The number of fused-ring (bicyclic) bond motifs is 1.